The third-order valence-corrected chi connectivity index (χ3v) is 3.22. The molecule has 2 nitrogen and oxygen atoms in total. The van der Waals surface area contributed by atoms with Gasteiger partial charge in [0.15, 0.2) is 0 Å². The van der Waals surface area contributed by atoms with Gasteiger partial charge in [-0.1, -0.05) is 11.6 Å². The van der Waals surface area contributed by atoms with Crippen molar-refractivity contribution >= 4 is 17.3 Å². The van der Waals surface area contributed by atoms with Crippen LogP contribution in [-0.4, -0.2) is 17.3 Å². The summed E-state index contributed by atoms with van der Waals surface area (Å²) in [7, 11) is 0. The summed E-state index contributed by atoms with van der Waals surface area (Å²) < 4.78 is 13.4. The largest absolute Gasteiger partial charge is 0.393 e. The van der Waals surface area contributed by atoms with Crippen molar-refractivity contribution < 1.29 is 9.50 Å². The number of hydrogen-bond acceptors (Lipinski definition) is 2. The lowest BCUT2D eigenvalue weighted by atomic mass is 9.93. The van der Waals surface area contributed by atoms with Crippen molar-refractivity contribution in [3.05, 3.63) is 29.0 Å². The highest BCUT2D eigenvalue weighted by Gasteiger charge is 2.19. The smallest absolute Gasteiger partial charge is 0.146 e. The number of nitrogens with one attached hydrogen (secondary N) is 1. The summed E-state index contributed by atoms with van der Waals surface area (Å²) in [6.07, 6.45) is 3.10. The zero-order chi connectivity index (χ0) is 11.5. The molecule has 0 bridgehead atoms. The van der Waals surface area contributed by atoms with Crippen LogP contribution in [0.4, 0.5) is 10.1 Å². The van der Waals surface area contributed by atoms with Gasteiger partial charge in [0.25, 0.3) is 0 Å². The van der Waals surface area contributed by atoms with Crippen LogP contribution in [0.1, 0.15) is 25.7 Å². The molecule has 0 atom stereocenters. The van der Waals surface area contributed by atoms with Crippen LogP contribution in [0.25, 0.3) is 0 Å². The van der Waals surface area contributed by atoms with Crippen molar-refractivity contribution in [2.75, 3.05) is 5.32 Å². The van der Waals surface area contributed by atoms with Gasteiger partial charge >= 0.3 is 0 Å². The topological polar surface area (TPSA) is 32.3 Å². The Morgan fingerprint density at radius 2 is 1.94 bits per heavy atom. The maximum atomic E-state index is 13.4. The first-order valence-corrected chi connectivity index (χ1v) is 5.92. The Morgan fingerprint density at radius 3 is 2.62 bits per heavy atom. The average molecular weight is 244 g/mol. The van der Waals surface area contributed by atoms with Gasteiger partial charge in [-0.25, -0.2) is 4.39 Å². The van der Waals surface area contributed by atoms with Gasteiger partial charge in [-0.05, 0) is 43.9 Å². The number of aliphatic hydroxyl groups is 1. The van der Waals surface area contributed by atoms with Gasteiger partial charge in [-0.2, -0.15) is 0 Å². The maximum Gasteiger partial charge on any atom is 0.146 e. The van der Waals surface area contributed by atoms with Crippen molar-refractivity contribution in [3.63, 3.8) is 0 Å². The molecule has 16 heavy (non-hydrogen) atoms. The van der Waals surface area contributed by atoms with E-state index >= 15 is 0 Å². The Labute approximate surface area is 99.4 Å². The molecule has 1 aromatic rings. The summed E-state index contributed by atoms with van der Waals surface area (Å²) >= 11 is 5.81. The third-order valence-electron chi connectivity index (χ3n) is 2.98. The lowest BCUT2D eigenvalue weighted by molar-refractivity contribution is 0.126. The highest BCUT2D eigenvalue weighted by Crippen LogP contribution is 2.25. The Morgan fingerprint density at radius 1 is 1.25 bits per heavy atom. The van der Waals surface area contributed by atoms with E-state index in [1.165, 1.54) is 12.1 Å². The molecule has 1 aromatic carbocycles. The van der Waals surface area contributed by atoms with E-state index < -0.39 is 0 Å². The zero-order valence-electron chi connectivity index (χ0n) is 8.92. The Bertz CT molecular complexity index is 364. The first-order chi connectivity index (χ1) is 7.65. The first kappa shape index (κ1) is 11.7. The number of hydrogen-bond donors (Lipinski definition) is 2. The molecule has 0 spiro atoms. The highest BCUT2D eigenvalue weighted by molar-refractivity contribution is 6.30. The van der Waals surface area contributed by atoms with Crippen LogP contribution in [0.15, 0.2) is 18.2 Å². The van der Waals surface area contributed by atoms with Crippen LogP contribution in [0, 0.1) is 5.82 Å². The summed E-state index contributed by atoms with van der Waals surface area (Å²) in [5.41, 5.74) is 0.453. The van der Waals surface area contributed by atoms with E-state index in [-0.39, 0.29) is 18.0 Å². The minimum atomic E-state index is -0.282. The maximum absolute atomic E-state index is 13.4. The predicted molar refractivity (Wildman–Crippen MR) is 63.3 cm³/mol. The van der Waals surface area contributed by atoms with E-state index in [2.05, 4.69) is 5.32 Å². The molecule has 0 aromatic heterocycles. The molecular weight excluding hydrogens is 229 g/mol. The van der Waals surface area contributed by atoms with Crippen molar-refractivity contribution in [2.24, 2.45) is 0 Å². The predicted octanol–water partition coefficient (Wildman–Crippen LogP) is 3.19. The van der Waals surface area contributed by atoms with Crippen molar-refractivity contribution in [1.82, 2.24) is 0 Å². The molecule has 4 heteroatoms. The first-order valence-electron chi connectivity index (χ1n) is 5.55. The number of benzene rings is 1. The van der Waals surface area contributed by atoms with Crippen LogP contribution in [-0.2, 0) is 0 Å². The fraction of sp³-hybridized carbons (Fsp3) is 0.500. The second-order valence-electron chi connectivity index (χ2n) is 4.27. The van der Waals surface area contributed by atoms with Gasteiger partial charge < -0.3 is 10.4 Å². The Hall–Kier alpha value is -0.800. The summed E-state index contributed by atoms with van der Waals surface area (Å²) in [6.45, 7) is 0. The van der Waals surface area contributed by atoms with Gasteiger partial charge in [-0.15, -0.1) is 0 Å². The quantitative estimate of drug-likeness (QED) is 0.836. The van der Waals surface area contributed by atoms with E-state index in [0.717, 1.165) is 25.7 Å². The van der Waals surface area contributed by atoms with E-state index in [4.69, 9.17) is 11.6 Å². The molecule has 0 aliphatic heterocycles. The van der Waals surface area contributed by atoms with Gasteiger partial charge in [0.2, 0.25) is 0 Å². The van der Waals surface area contributed by atoms with Crippen LogP contribution in [0.5, 0.6) is 0 Å². The fourth-order valence-electron chi connectivity index (χ4n) is 2.05. The molecular formula is C12H15ClFNO. The third kappa shape index (κ3) is 2.86. The standard InChI is InChI=1S/C12H15ClFNO/c13-8-1-6-11(14)12(7-8)15-9-2-4-10(16)5-3-9/h1,6-7,9-10,15-16H,2-5H2. The van der Waals surface area contributed by atoms with Crippen molar-refractivity contribution in [3.8, 4) is 0 Å². The van der Waals surface area contributed by atoms with Gasteiger partial charge in [0.1, 0.15) is 5.82 Å². The summed E-state index contributed by atoms with van der Waals surface area (Å²) in [4.78, 5) is 0. The number of aliphatic hydroxyl groups excluding tert-OH is 1. The number of halogens is 2. The van der Waals surface area contributed by atoms with Gasteiger partial charge in [0.05, 0.1) is 11.8 Å². The van der Waals surface area contributed by atoms with E-state index in [1.54, 1.807) is 6.07 Å². The van der Waals surface area contributed by atoms with E-state index in [0.29, 0.717) is 10.7 Å². The molecule has 1 saturated carbocycles. The van der Waals surface area contributed by atoms with Crippen molar-refractivity contribution in [1.29, 1.82) is 0 Å². The summed E-state index contributed by atoms with van der Waals surface area (Å²) in [5.74, 6) is -0.282. The molecule has 2 rings (SSSR count). The Balaban J connectivity index is 2.00. The van der Waals surface area contributed by atoms with Gasteiger partial charge in [-0.3, -0.25) is 0 Å². The molecule has 0 saturated heterocycles. The highest BCUT2D eigenvalue weighted by atomic mass is 35.5. The van der Waals surface area contributed by atoms with Crippen LogP contribution < -0.4 is 5.32 Å². The second kappa shape index (κ2) is 5.02. The molecule has 0 radical (unpaired) electrons. The average Bonchev–Trinajstić information content (AvgIpc) is 2.27. The normalized spacial score (nSPS) is 25.4. The minimum Gasteiger partial charge on any atom is -0.393 e. The molecule has 1 fully saturated rings. The van der Waals surface area contributed by atoms with Crippen LogP contribution in [0.2, 0.25) is 5.02 Å². The Kier molecular flexibility index (Phi) is 3.66. The molecule has 1 aliphatic rings. The second-order valence-corrected chi connectivity index (χ2v) is 4.71. The van der Waals surface area contributed by atoms with E-state index in [9.17, 15) is 9.50 Å². The van der Waals surface area contributed by atoms with Crippen LogP contribution in [0.3, 0.4) is 0 Å². The summed E-state index contributed by atoms with van der Waals surface area (Å²) in [6, 6.07) is 4.73. The molecule has 0 heterocycles. The van der Waals surface area contributed by atoms with Crippen LogP contribution >= 0.6 is 11.6 Å². The summed E-state index contributed by atoms with van der Waals surface area (Å²) in [5, 5.41) is 13.0. The molecule has 2 N–H and O–H groups in total. The zero-order valence-corrected chi connectivity index (χ0v) is 9.67. The number of rotatable bonds is 2. The van der Waals surface area contributed by atoms with E-state index in [1.807, 2.05) is 0 Å². The fourth-order valence-corrected chi connectivity index (χ4v) is 2.22. The van der Waals surface area contributed by atoms with Gasteiger partial charge in [0, 0.05) is 11.1 Å². The molecule has 88 valence electrons. The lowest BCUT2D eigenvalue weighted by Crippen LogP contribution is -2.28. The molecule has 1 aliphatic carbocycles. The SMILES string of the molecule is OC1CCC(Nc2cc(Cl)ccc2F)CC1. The van der Waals surface area contributed by atoms with Crippen molar-refractivity contribution in [2.45, 2.75) is 37.8 Å². The lowest BCUT2D eigenvalue weighted by Gasteiger charge is -2.27. The molecule has 0 unspecified atom stereocenters. The minimum absolute atomic E-state index is 0.192. The number of anilines is 1. The molecule has 0 amide bonds. The monoisotopic (exact) mass is 243 g/mol.